The predicted molar refractivity (Wildman–Crippen MR) is 83.6 cm³/mol. The molecule has 0 aromatic heterocycles. The van der Waals surface area contributed by atoms with Crippen molar-refractivity contribution >= 4 is 17.7 Å². The lowest BCUT2D eigenvalue weighted by Gasteiger charge is -2.31. The Morgan fingerprint density at radius 2 is 1.54 bits per heavy atom. The number of thioether (sulfide) groups is 1. The van der Waals surface area contributed by atoms with E-state index in [2.05, 4.69) is 0 Å². The van der Waals surface area contributed by atoms with Crippen molar-refractivity contribution in [1.82, 2.24) is 0 Å². The van der Waals surface area contributed by atoms with Gasteiger partial charge in [0, 0.05) is 0 Å². The maximum Gasteiger partial charge on any atom is 0.421 e. The van der Waals surface area contributed by atoms with Gasteiger partial charge in [-0.2, -0.15) is 38.1 Å². The first-order chi connectivity index (χ1) is 11.8. The summed E-state index contributed by atoms with van der Waals surface area (Å²) in [5, 5.41) is 18.7. The molecule has 4 N–H and O–H groups in total. The van der Waals surface area contributed by atoms with Crippen molar-refractivity contribution in [2.45, 2.75) is 36.8 Å². The molecule has 1 aromatic carbocycles. The number of benzene rings is 1. The van der Waals surface area contributed by atoms with Crippen LogP contribution in [-0.2, 0) is 16.6 Å². The fourth-order valence-electron chi connectivity index (χ4n) is 2.04. The van der Waals surface area contributed by atoms with Crippen LogP contribution in [0.5, 0.6) is 0 Å². The molecule has 0 amide bonds. The Labute approximate surface area is 149 Å². The summed E-state index contributed by atoms with van der Waals surface area (Å²) >= 11 is 0.961. The lowest BCUT2D eigenvalue weighted by atomic mass is 9.89. The molecule has 0 saturated heterocycles. The smallest absolute Gasteiger partial charge is 0.421 e. The molecule has 26 heavy (non-hydrogen) atoms. The van der Waals surface area contributed by atoms with E-state index in [1.807, 2.05) is 0 Å². The molecule has 0 radical (unpaired) electrons. The van der Waals surface area contributed by atoms with Crippen LogP contribution in [0.2, 0.25) is 0 Å². The molecule has 0 aliphatic carbocycles. The number of carboxylic acid groups (broad SMARTS) is 1. The molecule has 0 spiro atoms. The van der Waals surface area contributed by atoms with Crippen molar-refractivity contribution < 1.29 is 41.4 Å². The molecule has 4 nitrogen and oxygen atoms in total. The second-order valence-corrected chi connectivity index (χ2v) is 6.75. The highest BCUT2D eigenvalue weighted by atomic mass is 32.2. The van der Waals surface area contributed by atoms with E-state index in [0.717, 1.165) is 11.8 Å². The Hall–Kier alpha value is -1.46. The third kappa shape index (κ3) is 5.78. The highest BCUT2D eigenvalue weighted by Crippen LogP contribution is 2.43. The van der Waals surface area contributed by atoms with Crippen molar-refractivity contribution in [3.05, 3.63) is 35.4 Å². The van der Waals surface area contributed by atoms with Gasteiger partial charge in [0.05, 0.1) is 5.56 Å². The van der Waals surface area contributed by atoms with Crippen LogP contribution in [0.25, 0.3) is 0 Å². The van der Waals surface area contributed by atoms with Crippen LogP contribution in [-0.4, -0.2) is 39.9 Å². The van der Waals surface area contributed by atoms with E-state index in [9.17, 15) is 36.2 Å². The number of halogens is 6. The minimum atomic E-state index is -5.09. The van der Waals surface area contributed by atoms with Crippen molar-refractivity contribution in [2.24, 2.45) is 5.73 Å². The number of aliphatic carboxylic acids is 1. The van der Waals surface area contributed by atoms with Gasteiger partial charge in [0.25, 0.3) is 0 Å². The molecular formula is C15H17F6NO3S. The summed E-state index contributed by atoms with van der Waals surface area (Å²) in [5.41, 5.74) is 0.137. The lowest BCUT2D eigenvalue weighted by Crippen LogP contribution is -2.43. The van der Waals surface area contributed by atoms with Crippen LogP contribution in [0.15, 0.2) is 24.3 Å². The van der Waals surface area contributed by atoms with Crippen molar-refractivity contribution in [1.29, 1.82) is 0 Å². The molecule has 1 aromatic rings. The van der Waals surface area contributed by atoms with Crippen LogP contribution >= 0.6 is 11.8 Å². The SMILES string of the molecule is NC(CCSCCC(O)(c1ccc(C(F)(F)F)cc1)C(F)(F)F)C(=O)O. The normalized spacial score (nSPS) is 16.2. The van der Waals surface area contributed by atoms with E-state index in [1.165, 1.54) is 0 Å². The zero-order chi connectivity index (χ0) is 20.2. The Balaban J connectivity index is 2.81. The van der Waals surface area contributed by atoms with E-state index >= 15 is 0 Å². The zero-order valence-electron chi connectivity index (χ0n) is 13.3. The standard InChI is InChI=1S/C15H17F6NO3S/c16-14(17,18)10-3-1-9(2-4-10)13(25,15(19,20)21)6-8-26-7-5-11(22)12(23)24/h1-4,11,25H,5-8,22H2,(H,23,24). The second-order valence-electron chi connectivity index (χ2n) is 5.53. The maximum atomic E-state index is 13.3. The van der Waals surface area contributed by atoms with Crippen molar-refractivity contribution in [3.8, 4) is 0 Å². The number of hydrogen-bond acceptors (Lipinski definition) is 4. The van der Waals surface area contributed by atoms with E-state index in [1.54, 1.807) is 0 Å². The first-order valence-electron chi connectivity index (χ1n) is 7.32. The van der Waals surface area contributed by atoms with Crippen LogP contribution < -0.4 is 5.73 Å². The van der Waals surface area contributed by atoms with E-state index in [4.69, 9.17) is 10.8 Å². The molecule has 0 heterocycles. The van der Waals surface area contributed by atoms with Gasteiger partial charge >= 0.3 is 18.3 Å². The number of rotatable bonds is 8. The number of carboxylic acids is 1. The van der Waals surface area contributed by atoms with Gasteiger partial charge < -0.3 is 15.9 Å². The minimum Gasteiger partial charge on any atom is -0.480 e. The van der Waals surface area contributed by atoms with E-state index < -0.39 is 47.5 Å². The first kappa shape index (κ1) is 22.6. The molecular weight excluding hydrogens is 388 g/mol. The van der Waals surface area contributed by atoms with Crippen LogP contribution in [0.3, 0.4) is 0 Å². The first-order valence-corrected chi connectivity index (χ1v) is 8.47. The summed E-state index contributed by atoms with van der Waals surface area (Å²) in [6.45, 7) is 0. The molecule has 0 aliphatic heterocycles. The molecule has 2 unspecified atom stereocenters. The van der Waals surface area contributed by atoms with Gasteiger partial charge in [-0.3, -0.25) is 4.79 Å². The average molecular weight is 405 g/mol. The summed E-state index contributed by atoms with van der Waals surface area (Å²) in [5.74, 6) is -1.26. The van der Waals surface area contributed by atoms with Gasteiger partial charge in [0.15, 0.2) is 5.60 Å². The highest BCUT2D eigenvalue weighted by molar-refractivity contribution is 7.99. The molecule has 0 saturated carbocycles. The monoisotopic (exact) mass is 405 g/mol. The fourth-order valence-corrected chi connectivity index (χ4v) is 3.10. The highest BCUT2D eigenvalue weighted by Gasteiger charge is 2.54. The third-order valence-corrected chi connectivity index (χ3v) is 4.67. The zero-order valence-corrected chi connectivity index (χ0v) is 14.1. The van der Waals surface area contributed by atoms with Gasteiger partial charge in [-0.1, -0.05) is 12.1 Å². The Morgan fingerprint density at radius 3 is 1.96 bits per heavy atom. The largest absolute Gasteiger partial charge is 0.480 e. The predicted octanol–water partition coefficient (Wildman–Crippen LogP) is 3.38. The number of alkyl halides is 6. The molecule has 11 heteroatoms. The fraction of sp³-hybridized carbons (Fsp3) is 0.533. The van der Waals surface area contributed by atoms with Gasteiger partial charge in [0.1, 0.15) is 6.04 Å². The summed E-state index contributed by atoms with van der Waals surface area (Å²) < 4.78 is 77.4. The quantitative estimate of drug-likeness (QED) is 0.456. The Morgan fingerprint density at radius 1 is 1.04 bits per heavy atom. The molecule has 0 fully saturated rings. The van der Waals surface area contributed by atoms with Crippen LogP contribution in [0.4, 0.5) is 26.3 Å². The van der Waals surface area contributed by atoms with Gasteiger partial charge in [-0.25, -0.2) is 0 Å². The summed E-state index contributed by atoms with van der Waals surface area (Å²) in [6, 6.07) is 1.01. The van der Waals surface area contributed by atoms with Gasteiger partial charge in [-0.05, 0) is 42.0 Å². The molecule has 1 rings (SSSR count). The third-order valence-electron chi connectivity index (χ3n) is 3.66. The Kier molecular flexibility index (Phi) is 7.37. The number of hydrogen-bond donors (Lipinski definition) is 3. The minimum absolute atomic E-state index is 0.0325. The summed E-state index contributed by atoms with van der Waals surface area (Å²) in [4.78, 5) is 10.5. The van der Waals surface area contributed by atoms with Gasteiger partial charge in [0.2, 0.25) is 0 Å². The number of aliphatic hydroxyl groups is 1. The lowest BCUT2D eigenvalue weighted by molar-refractivity contribution is -0.267. The second kappa shape index (κ2) is 8.49. The van der Waals surface area contributed by atoms with Crippen LogP contribution in [0.1, 0.15) is 24.0 Å². The number of nitrogens with two attached hydrogens (primary N) is 1. The molecule has 0 aliphatic rings. The van der Waals surface area contributed by atoms with Gasteiger partial charge in [-0.15, -0.1) is 0 Å². The van der Waals surface area contributed by atoms with Crippen molar-refractivity contribution in [2.75, 3.05) is 11.5 Å². The summed E-state index contributed by atoms with van der Waals surface area (Å²) in [6.07, 6.45) is -10.6. The topological polar surface area (TPSA) is 83.5 Å². The van der Waals surface area contributed by atoms with E-state index in [-0.39, 0.29) is 17.9 Å². The maximum absolute atomic E-state index is 13.3. The van der Waals surface area contributed by atoms with E-state index in [0.29, 0.717) is 24.3 Å². The molecule has 2 atom stereocenters. The molecule has 148 valence electrons. The molecule has 0 bridgehead atoms. The Bertz CT molecular complexity index is 605. The van der Waals surface area contributed by atoms with Crippen molar-refractivity contribution in [3.63, 3.8) is 0 Å². The summed E-state index contributed by atoms with van der Waals surface area (Å²) in [7, 11) is 0. The average Bonchev–Trinajstić information content (AvgIpc) is 2.52. The van der Waals surface area contributed by atoms with Crippen LogP contribution in [0, 0.1) is 0 Å². The number of carbonyl (C=O) groups is 1.